The lowest BCUT2D eigenvalue weighted by molar-refractivity contribution is 0.0589. The third kappa shape index (κ3) is 3.73. The van der Waals surface area contributed by atoms with Crippen LogP contribution in [0.5, 0.6) is 0 Å². The van der Waals surface area contributed by atoms with Crippen molar-refractivity contribution in [2.24, 2.45) is 0 Å². The molecule has 6 nitrogen and oxygen atoms in total. The van der Waals surface area contributed by atoms with Crippen LogP contribution in [0.2, 0.25) is 5.15 Å². The molecule has 0 fully saturated rings. The van der Waals surface area contributed by atoms with E-state index in [0.29, 0.717) is 11.4 Å². The van der Waals surface area contributed by atoms with E-state index in [1.165, 1.54) is 35.1 Å². The molecule has 0 bridgehead atoms. The molecule has 0 saturated carbocycles. The summed E-state index contributed by atoms with van der Waals surface area (Å²) in [6, 6.07) is 1.26. The normalized spacial score (nSPS) is 11.4. The van der Waals surface area contributed by atoms with Crippen LogP contribution in [0.15, 0.2) is 24.7 Å². The molecule has 0 aliphatic heterocycles. The van der Waals surface area contributed by atoms with E-state index in [-0.39, 0.29) is 5.15 Å². The van der Waals surface area contributed by atoms with Crippen molar-refractivity contribution in [3.63, 3.8) is 0 Å². The van der Waals surface area contributed by atoms with Crippen LogP contribution in [0, 0.1) is 5.82 Å². The van der Waals surface area contributed by atoms with Crippen LogP contribution in [0.25, 0.3) is 5.69 Å². The molecule has 0 radical (unpaired) electrons. The van der Waals surface area contributed by atoms with Crippen molar-refractivity contribution in [3.05, 3.63) is 35.6 Å². The second-order valence-electron chi connectivity index (χ2n) is 5.65. The van der Waals surface area contributed by atoms with Crippen LogP contribution in [0.4, 0.5) is 14.9 Å². The average Bonchev–Trinajstić information content (AvgIpc) is 2.78. The van der Waals surface area contributed by atoms with Gasteiger partial charge in [-0.15, -0.1) is 0 Å². The van der Waals surface area contributed by atoms with Gasteiger partial charge in [0.2, 0.25) is 0 Å². The summed E-state index contributed by atoms with van der Waals surface area (Å²) in [7, 11) is 1.52. The summed E-state index contributed by atoms with van der Waals surface area (Å²) in [5.41, 5.74) is 0.117. The second-order valence-corrected chi connectivity index (χ2v) is 6.01. The summed E-state index contributed by atoms with van der Waals surface area (Å²) in [5, 5.41) is 4.14. The van der Waals surface area contributed by atoms with Crippen molar-refractivity contribution < 1.29 is 13.9 Å². The van der Waals surface area contributed by atoms with Gasteiger partial charge in [-0.1, -0.05) is 11.6 Å². The van der Waals surface area contributed by atoms with Crippen molar-refractivity contribution in [1.29, 1.82) is 0 Å². The summed E-state index contributed by atoms with van der Waals surface area (Å²) in [4.78, 5) is 17.0. The predicted molar refractivity (Wildman–Crippen MR) is 81.0 cm³/mol. The first-order chi connectivity index (χ1) is 10.2. The lowest BCUT2D eigenvalue weighted by atomic mass is 10.2. The summed E-state index contributed by atoms with van der Waals surface area (Å²) >= 11 is 6.05. The number of nitrogens with zero attached hydrogens (tertiary/aromatic N) is 4. The molecule has 22 heavy (non-hydrogen) atoms. The lowest BCUT2D eigenvalue weighted by Gasteiger charge is -2.23. The van der Waals surface area contributed by atoms with E-state index in [0.717, 1.165) is 6.20 Å². The topological polar surface area (TPSA) is 60.2 Å². The third-order valence-electron chi connectivity index (χ3n) is 2.64. The Morgan fingerprint density at radius 1 is 1.41 bits per heavy atom. The zero-order valence-electron chi connectivity index (χ0n) is 12.7. The molecule has 0 aromatic carbocycles. The highest BCUT2D eigenvalue weighted by Gasteiger charge is 2.23. The van der Waals surface area contributed by atoms with Gasteiger partial charge in [-0.3, -0.25) is 9.88 Å². The van der Waals surface area contributed by atoms with Crippen LogP contribution in [-0.2, 0) is 4.74 Å². The average molecular weight is 327 g/mol. The highest BCUT2D eigenvalue weighted by Crippen LogP contribution is 2.26. The fourth-order valence-electron chi connectivity index (χ4n) is 1.66. The van der Waals surface area contributed by atoms with Gasteiger partial charge in [-0.05, 0) is 20.8 Å². The Morgan fingerprint density at radius 2 is 2.09 bits per heavy atom. The number of carbonyl (C=O) groups excluding carboxylic acids is 1. The van der Waals surface area contributed by atoms with E-state index in [1.807, 2.05) is 0 Å². The number of hydrogen-bond donors (Lipinski definition) is 0. The zero-order valence-corrected chi connectivity index (χ0v) is 13.4. The summed E-state index contributed by atoms with van der Waals surface area (Å²) in [5.74, 6) is -0.494. The molecule has 2 aromatic rings. The maximum Gasteiger partial charge on any atom is 0.414 e. The van der Waals surface area contributed by atoms with Crippen LogP contribution in [-0.4, -0.2) is 33.5 Å². The zero-order chi connectivity index (χ0) is 16.5. The molecule has 118 valence electrons. The van der Waals surface area contributed by atoms with E-state index in [9.17, 15) is 9.18 Å². The number of aromatic nitrogens is 3. The number of anilines is 1. The number of pyridine rings is 1. The monoisotopic (exact) mass is 326 g/mol. The molecule has 0 N–H and O–H groups in total. The van der Waals surface area contributed by atoms with E-state index >= 15 is 0 Å². The molecule has 0 saturated heterocycles. The standard InChI is InChI=1S/C14H16ClFN4O2/c1-14(2,3)22-13(21)19(4)11-8-20(18-12(11)15)10-5-9(16)6-17-7-10/h5-8H,1-4H3. The SMILES string of the molecule is CN(C(=O)OC(C)(C)C)c1cn(-c2cncc(F)c2)nc1Cl. The van der Waals surface area contributed by atoms with E-state index in [2.05, 4.69) is 10.1 Å². The first-order valence-corrected chi connectivity index (χ1v) is 6.88. The minimum atomic E-state index is -0.625. The fourth-order valence-corrected chi connectivity index (χ4v) is 1.91. The van der Waals surface area contributed by atoms with Crippen molar-refractivity contribution in [2.75, 3.05) is 11.9 Å². The van der Waals surface area contributed by atoms with Crippen LogP contribution < -0.4 is 4.90 Å². The highest BCUT2D eigenvalue weighted by atomic mass is 35.5. The van der Waals surface area contributed by atoms with Crippen LogP contribution in [0.1, 0.15) is 20.8 Å². The van der Waals surface area contributed by atoms with Gasteiger partial charge >= 0.3 is 6.09 Å². The van der Waals surface area contributed by atoms with Crippen molar-refractivity contribution in [2.45, 2.75) is 26.4 Å². The molecule has 0 spiro atoms. The minimum absolute atomic E-state index is 0.0950. The minimum Gasteiger partial charge on any atom is -0.443 e. The van der Waals surface area contributed by atoms with Gasteiger partial charge in [-0.25, -0.2) is 13.9 Å². The molecule has 0 unspecified atom stereocenters. The maximum atomic E-state index is 13.2. The lowest BCUT2D eigenvalue weighted by Crippen LogP contribution is -2.34. The van der Waals surface area contributed by atoms with Gasteiger partial charge in [0.05, 0.1) is 24.3 Å². The number of carbonyl (C=O) groups is 1. The highest BCUT2D eigenvalue weighted by molar-refractivity contribution is 6.32. The first-order valence-electron chi connectivity index (χ1n) is 6.50. The van der Waals surface area contributed by atoms with Crippen molar-refractivity contribution in [3.8, 4) is 5.69 Å². The van der Waals surface area contributed by atoms with Gasteiger partial charge < -0.3 is 4.74 Å². The number of ether oxygens (including phenoxy) is 1. The van der Waals surface area contributed by atoms with Gasteiger partial charge in [0.1, 0.15) is 17.1 Å². The summed E-state index contributed by atoms with van der Waals surface area (Å²) < 4.78 is 19.8. The molecule has 2 rings (SSSR count). The van der Waals surface area contributed by atoms with Crippen molar-refractivity contribution in [1.82, 2.24) is 14.8 Å². The van der Waals surface area contributed by atoms with E-state index in [4.69, 9.17) is 16.3 Å². The number of amides is 1. The number of hydrogen-bond acceptors (Lipinski definition) is 4. The van der Waals surface area contributed by atoms with E-state index < -0.39 is 17.5 Å². The molecule has 2 aromatic heterocycles. The maximum absolute atomic E-state index is 13.2. The molecule has 0 aliphatic carbocycles. The molecule has 2 heterocycles. The Kier molecular flexibility index (Phi) is 4.37. The van der Waals surface area contributed by atoms with Gasteiger partial charge in [0.25, 0.3) is 0 Å². The summed E-state index contributed by atoms with van der Waals surface area (Å²) in [6.07, 6.45) is 3.46. The first kappa shape index (κ1) is 16.2. The predicted octanol–water partition coefficient (Wildman–Crippen LogP) is 3.43. The smallest absolute Gasteiger partial charge is 0.414 e. The Bertz CT molecular complexity index is 696. The second kappa shape index (κ2) is 5.92. The molecule has 0 aliphatic rings. The molecule has 8 heteroatoms. The molecule has 1 amide bonds. The Balaban J connectivity index is 2.28. The van der Waals surface area contributed by atoms with Crippen LogP contribution in [0.3, 0.4) is 0 Å². The number of rotatable bonds is 2. The van der Waals surface area contributed by atoms with E-state index in [1.54, 1.807) is 20.8 Å². The molecular weight excluding hydrogens is 311 g/mol. The Morgan fingerprint density at radius 3 is 2.68 bits per heavy atom. The molecule has 0 atom stereocenters. The van der Waals surface area contributed by atoms with Gasteiger partial charge in [-0.2, -0.15) is 5.10 Å². The Hall–Kier alpha value is -2.15. The number of halogens is 2. The molecular formula is C14H16ClFN4O2. The van der Waals surface area contributed by atoms with Crippen LogP contribution >= 0.6 is 11.6 Å². The van der Waals surface area contributed by atoms with Gasteiger partial charge in [0, 0.05) is 13.1 Å². The Labute approximate surface area is 132 Å². The largest absolute Gasteiger partial charge is 0.443 e. The van der Waals surface area contributed by atoms with Crippen molar-refractivity contribution >= 4 is 23.4 Å². The third-order valence-corrected chi connectivity index (χ3v) is 2.90. The fraction of sp³-hybridized carbons (Fsp3) is 0.357. The summed E-state index contributed by atoms with van der Waals surface area (Å²) in [6.45, 7) is 5.30. The quantitative estimate of drug-likeness (QED) is 0.848. The van der Waals surface area contributed by atoms with Gasteiger partial charge in [0.15, 0.2) is 5.15 Å².